The first-order valence-corrected chi connectivity index (χ1v) is 11.4. The van der Waals surface area contributed by atoms with E-state index in [0.717, 1.165) is 4.31 Å². The zero-order chi connectivity index (χ0) is 20.0. The van der Waals surface area contributed by atoms with Crippen LogP contribution in [0.4, 0.5) is 11.4 Å². The minimum absolute atomic E-state index is 0.00959. The highest BCUT2D eigenvalue weighted by molar-refractivity contribution is 7.94. The smallest absolute Gasteiger partial charge is 0.262 e. The van der Waals surface area contributed by atoms with Crippen molar-refractivity contribution in [1.82, 2.24) is 0 Å². The van der Waals surface area contributed by atoms with Gasteiger partial charge in [0, 0.05) is 11.4 Å². The largest absolute Gasteiger partial charge is 0.279 e. The molecule has 1 aliphatic heterocycles. The molecule has 0 saturated carbocycles. The van der Waals surface area contributed by atoms with Crippen molar-refractivity contribution in [2.24, 2.45) is 0 Å². The topological polar surface area (TPSA) is 101 Å². The number of carbonyl (C=O) groups excluding carboxylic acids is 1. The van der Waals surface area contributed by atoms with Crippen LogP contribution in [0, 0.1) is 13.8 Å². The van der Waals surface area contributed by atoms with Gasteiger partial charge in [0.05, 0.1) is 22.0 Å². The van der Waals surface area contributed by atoms with Crippen molar-refractivity contribution in [3.63, 3.8) is 0 Å². The van der Waals surface area contributed by atoms with Gasteiger partial charge >= 0.3 is 0 Å². The van der Waals surface area contributed by atoms with E-state index < -0.39 is 26.0 Å². The molecule has 0 aromatic heterocycles. The van der Waals surface area contributed by atoms with Gasteiger partial charge in [-0.2, -0.15) is 0 Å². The first-order chi connectivity index (χ1) is 12.5. The predicted octanol–water partition coefficient (Wildman–Crippen LogP) is 2.82. The standard InChI is InChI=1S/C17H17ClN2O5S2/c1-11-9-13(18)3-5-15(11)19-27(24,25)16-6-4-14(10-12(16)2)20-17(21)7-8-26(20,22)23/h3-6,9-10,19H,7-8H2,1-2H3. The Hall–Kier alpha value is -2.10. The van der Waals surface area contributed by atoms with Gasteiger partial charge < -0.3 is 0 Å². The van der Waals surface area contributed by atoms with E-state index >= 15 is 0 Å². The average molecular weight is 429 g/mol. The number of nitrogens with one attached hydrogen (secondary N) is 1. The summed E-state index contributed by atoms with van der Waals surface area (Å²) in [5, 5.41) is 0.493. The fourth-order valence-corrected chi connectivity index (χ4v) is 5.91. The lowest BCUT2D eigenvalue weighted by atomic mass is 10.2. The number of amides is 1. The fraction of sp³-hybridized carbons (Fsp3) is 0.235. The van der Waals surface area contributed by atoms with Gasteiger partial charge in [-0.05, 0) is 61.4 Å². The molecule has 0 spiro atoms. The molecule has 0 bridgehead atoms. The summed E-state index contributed by atoms with van der Waals surface area (Å²) in [6.45, 7) is 3.27. The van der Waals surface area contributed by atoms with Crippen molar-refractivity contribution in [2.45, 2.75) is 25.2 Å². The Kier molecular flexibility index (Phi) is 4.96. The van der Waals surface area contributed by atoms with Crippen LogP contribution in [0.25, 0.3) is 0 Å². The molecule has 2 aromatic rings. The number of carbonyl (C=O) groups is 1. The predicted molar refractivity (Wildman–Crippen MR) is 104 cm³/mol. The van der Waals surface area contributed by atoms with Crippen molar-refractivity contribution in [3.8, 4) is 0 Å². The molecule has 2 aromatic carbocycles. The van der Waals surface area contributed by atoms with Crippen LogP contribution in [0.2, 0.25) is 5.02 Å². The fourth-order valence-electron chi connectivity index (χ4n) is 2.87. The van der Waals surface area contributed by atoms with Crippen LogP contribution >= 0.6 is 11.6 Å². The molecule has 0 atom stereocenters. The minimum atomic E-state index is -3.91. The van der Waals surface area contributed by atoms with Crippen LogP contribution in [0.5, 0.6) is 0 Å². The Morgan fingerprint density at radius 3 is 2.33 bits per heavy atom. The highest BCUT2D eigenvalue weighted by atomic mass is 35.5. The van der Waals surface area contributed by atoms with E-state index in [9.17, 15) is 21.6 Å². The van der Waals surface area contributed by atoms with Crippen LogP contribution in [-0.4, -0.2) is 28.5 Å². The number of hydrogen-bond donors (Lipinski definition) is 1. The number of aryl methyl sites for hydroxylation is 2. The lowest BCUT2D eigenvalue weighted by molar-refractivity contribution is -0.116. The lowest BCUT2D eigenvalue weighted by Crippen LogP contribution is -2.29. The van der Waals surface area contributed by atoms with E-state index in [2.05, 4.69) is 4.72 Å². The average Bonchev–Trinajstić information content (AvgIpc) is 2.83. The third-order valence-electron chi connectivity index (χ3n) is 4.19. The zero-order valence-corrected chi connectivity index (χ0v) is 17.0. The van der Waals surface area contributed by atoms with Gasteiger partial charge in [-0.25, -0.2) is 21.1 Å². The maximum atomic E-state index is 12.7. The number of halogens is 1. The number of anilines is 2. The highest BCUT2D eigenvalue weighted by Crippen LogP contribution is 2.30. The molecule has 0 radical (unpaired) electrons. The molecular weight excluding hydrogens is 412 g/mol. The molecule has 1 fully saturated rings. The molecule has 3 rings (SSSR count). The summed E-state index contributed by atoms with van der Waals surface area (Å²) < 4.78 is 52.8. The second-order valence-electron chi connectivity index (χ2n) is 6.24. The molecule has 27 heavy (non-hydrogen) atoms. The van der Waals surface area contributed by atoms with E-state index in [1.165, 1.54) is 18.2 Å². The van der Waals surface area contributed by atoms with Crippen molar-refractivity contribution in [3.05, 3.63) is 52.5 Å². The Bertz CT molecular complexity index is 1140. The monoisotopic (exact) mass is 428 g/mol. The van der Waals surface area contributed by atoms with Crippen molar-refractivity contribution in [1.29, 1.82) is 0 Å². The van der Waals surface area contributed by atoms with E-state index in [4.69, 9.17) is 11.6 Å². The lowest BCUT2D eigenvalue weighted by Gasteiger charge is -2.17. The van der Waals surface area contributed by atoms with Crippen molar-refractivity contribution >= 4 is 48.9 Å². The van der Waals surface area contributed by atoms with Crippen LogP contribution in [-0.2, 0) is 24.8 Å². The van der Waals surface area contributed by atoms with E-state index in [0.29, 0.717) is 21.8 Å². The van der Waals surface area contributed by atoms with Gasteiger partial charge in [-0.1, -0.05) is 11.6 Å². The second-order valence-corrected chi connectivity index (χ2v) is 10.3. The van der Waals surface area contributed by atoms with Crippen molar-refractivity contribution < 1.29 is 21.6 Å². The molecule has 0 aliphatic carbocycles. The van der Waals surface area contributed by atoms with Gasteiger partial charge in [-0.3, -0.25) is 9.52 Å². The summed E-state index contributed by atoms with van der Waals surface area (Å²) >= 11 is 5.89. The minimum Gasteiger partial charge on any atom is -0.279 e. The van der Waals surface area contributed by atoms with Crippen molar-refractivity contribution in [2.75, 3.05) is 14.8 Å². The Balaban J connectivity index is 1.96. The SMILES string of the molecule is Cc1cc(Cl)ccc1NS(=O)(=O)c1ccc(N2C(=O)CCS2(=O)=O)cc1C. The number of nitrogens with zero attached hydrogens (tertiary/aromatic N) is 1. The number of rotatable bonds is 4. The third kappa shape index (κ3) is 3.80. The molecule has 1 heterocycles. The van der Waals surface area contributed by atoms with Crippen LogP contribution in [0.3, 0.4) is 0 Å². The summed E-state index contributed by atoms with van der Waals surface area (Å²) in [6, 6.07) is 8.76. The maximum Gasteiger partial charge on any atom is 0.262 e. The van der Waals surface area contributed by atoms with Gasteiger partial charge in [0.25, 0.3) is 10.0 Å². The first-order valence-electron chi connectivity index (χ1n) is 7.97. The summed E-state index contributed by atoms with van der Waals surface area (Å²) in [5.74, 6) is -0.776. The maximum absolute atomic E-state index is 12.7. The molecule has 1 N–H and O–H groups in total. The summed E-state index contributed by atoms with van der Waals surface area (Å²) in [5.41, 5.74) is 1.51. The molecule has 144 valence electrons. The molecule has 0 unspecified atom stereocenters. The van der Waals surface area contributed by atoms with Gasteiger partial charge in [0.15, 0.2) is 0 Å². The van der Waals surface area contributed by atoms with Crippen LogP contribution in [0.15, 0.2) is 41.3 Å². The van der Waals surface area contributed by atoms with Crippen LogP contribution in [0.1, 0.15) is 17.5 Å². The van der Waals surface area contributed by atoms with Gasteiger partial charge in [0.2, 0.25) is 15.9 Å². The van der Waals surface area contributed by atoms with Crippen LogP contribution < -0.4 is 9.03 Å². The number of benzene rings is 2. The molecule has 1 aliphatic rings. The highest BCUT2D eigenvalue weighted by Gasteiger charge is 2.36. The molecule has 10 heteroatoms. The number of sulfonamides is 2. The van der Waals surface area contributed by atoms with Gasteiger partial charge in [-0.15, -0.1) is 0 Å². The molecule has 1 amide bonds. The Labute approximate surface area is 163 Å². The first kappa shape index (κ1) is 19.7. The van der Waals surface area contributed by atoms with E-state index in [1.54, 1.807) is 32.0 Å². The molecular formula is C17H17ClN2O5S2. The van der Waals surface area contributed by atoms with E-state index in [1.807, 2.05) is 0 Å². The summed E-state index contributed by atoms with van der Waals surface area (Å²) in [6.07, 6.45) is -0.0845. The Morgan fingerprint density at radius 1 is 1.07 bits per heavy atom. The molecule has 1 saturated heterocycles. The second kappa shape index (κ2) is 6.81. The third-order valence-corrected chi connectivity index (χ3v) is 7.65. The quantitative estimate of drug-likeness (QED) is 0.806. The summed E-state index contributed by atoms with van der Waals surface area (Å²) in [4.78, 5) is 11.9. The molecule has 7 nitrogen and oxygen atoms in total. The zero-order valence-electron chi connectivity index (χ0n) is 14.6. The number of hydrogen-bond acceptors (Lipinski definition) is 5. The Morgan fingerprint density at radius 2 is 1.78 bits per heavy atom. The normalized spacial score (nSPS) is 16.6. The van der Waals surface area contributed by atoms with Gasteiger partial charge in [0.1, 0.15) is 0 Å². The summed E-state index contributed by atoms with van der Waals surface area (Å²) in [7, 11) is -7.61. The van der Waals surface area contributed by atoms with E-state index in [-0.39, 0.29) is 22.8 Å².